The average molecular weight is 298 g/mol. The zero-order valence-electron chi connectivity index (χ0n) is 12.0. The van der Waals surface area contributed by atoms with Crippen LogP contribution in [0.25, 0.3) is 0 Å². The molecule has 2 unspecified atom stereocenters. The summed E-state index contributed by atoms with van der Waals surface area (Å²) in [5.74, 6) is -1.46. The molecule has 2 N–H and O–H groups in total. The first-order valence-corrected chi connectivity index (χ1v) is 7.15. The van der Waals surface area contributed by atoms with Crippen LogP contribution in [-0.4, -0.2) is 31.1 Å². The van der Waals surface area contributed by atoms with Crippen LogP contribution >= 0.6 is 0 Å². The fraction of sp³-hybridized carbons (Fsp3) is 0.533. The van der Waals surface area contributed by atoms with Gasteiger partial charge in [-0.25, -0.2) is 8.78 Å². The minimum absolute atomic E-state index is 0.0186. The molecule has 6 heteroatoms. The Morgan fingerprint density at radius 3 is 3.00 bits per heavy atom. The van der Waals surface area contributed by atoms with Gasteiger partial charge in [0.05, 0.1) is 6.04 Å². The Bertz CT molecular complexity index is 491. The highest BCUT2D eigenvalue weighted by Crippen LogP contribution is 2.17. The predicted octanol–water partition coefficient (Wildman–Crippen LogP) is 1.99. The Morgan fingerprint density at radius 1 is 1.52 bits per heavy atom. The van der Waals surface area contributed by atoms with E-state index >= 15 is 0 Å². The third-order valence-electron chi connectivity index (χ3n) is 3.38. The molecule has 1 saturated heterocycles. The number of carbonyl (C=O) groups is 1. The molecule has 2 atom stereocenters. The lowest BCUT2D eigenvalue weighted by atomic mass is 10.1. The molecule has 0 bridgehead atoms. The number of amides is 1. The minimum Gasteiger partial charge on any atom is -0.488 e. The molecule has 0 radical (unpaired) electrons. The highest BCUT2D eigenvalue weighted by atomic mass is 19.1. The maximum absolute atomic E-state index is 13.4. The second-order valence-corrected chi connectivity index (χ2v) is 5.35. The molecule has 1 amide bonds. The van der Waals surface area contributed by atoms with Crippen molar-refractivity contribution in [3.8, 4) is 5.75 Å². The molecule has 0 spiro atoms. The zero-order chi connectivity index (χ0) is 15.2. The van der Waals surface area contributed by atoms with E-state index in [0.717, 1.165) is 31.5 Å². The van der Waals surface area contributed by atoms with Crippen LogP contribution in [0.1, 0.15) is 26.2 Å². The maximum Gasteiger partial charge on any atom is 0.221 e. The molecule has 0 aromatic heterocycles. The summed E-state index contributed by atoms with van der Waals surface area (Å²) in [5.41, 5.74) is 0. The molecule has 1 heterocycles. The monoisotopic (exact) mass is 298 g/mol. The van der Waals surface area contributed by atoms with Gasteiger partial charge in [0.2, 0.25) is 5.91 Å². The molecule has 1 aromatic carbocycles. The van der Waals surface area contributed by atoms with Crippen molar-refractivity contribution in [1.29, 1.82) is 0 Å². The Balaban J connectivity index is 1.73. The summed E-state index contributed by atoms with van der Waals surface area (Å²) >= 11 is 0. The van der Waals surface area contributed by atoms with Gasteiger partial charge in [-0.15, -0.1) is 0 Å². The molecular formula is C15H20F2N2O2. The van der Waals surface area contributed by atoms with E-state index in [0.29, 0.717) is 6.42 Å². The van der Waals surface area contributed by atoms with E-state index in [-0.39, 0.29) is 30.3 Å². The first-order chi connectivity index (χ1) is 10.0. The fourth-order valence-corrected chi connectivity index (χ4v) is 2.34. The van der Waals surface area contributed by atoms with Gasteiger partial charge in [0.1, 0.15) is 12.4 Å². The van der Waals surface area contributed by atoms with Crippen LogP contribution in [0.15, 0.2) is 18.2 Å². The lowest BCUT2D eigenvalue weighted by molar-refractivity contribution is -0.122. The molecule has 2 rings (SSSR count). The SMILES string of the molecule is CC(COc1ccc(F)cc1F)NC(=O)CC1CCCN1. The maximum atomic E-state index is 13.4. The summed E-state index contributed by atoms with van der Waals surface area (Å²) < 4.78 is 31.4. The van der Waals surface area contributed by atoms with Gasteiger partial charge < -0.3 is 15.4 Å². The number of rotatable bonds is 6. The molecule has 1 aromatic rings. The van der Waals surface area contributed by atoms with Gasteiger partial charge >= 0.3 is 0 Å². The lowest BCUT2D eigenvalue weighted by Crippen LogP contribution is -2.39. The topological polar surface area (TPSA) is 50.4 Å². The van der Waals surface area contributed by atoms with Crippen LogP contribution in [0.2, 0.25) is 0 Å². The van der Waals surface area contributed by atoms with Gasteiger partial charge in [-0.3, -0.25) is 4.79 Å². The van der Waals surface area contributed by atoms with E-state index in [2.05, 4.69) is 10.6 Å². The third-order valence-corrected chi connectivity index (χ3v) is 3.38. The lowest BCUT2D eigenvalue weighted by Gasteiger charge is -2.17. The van der Waals surface area contributed by atoms with Gasteiger partial charge in [-0.1, -0.05) is 0 Å². The second kappa shape index (κ2) is 7.36. The highest BCUT2D eigenvalue weighted by Gasteiger charge is 2.18. The van der Waals surface area contributed by atoms with Crippen molar-refractivity contribution in [3.63, 3.8) is 0 Å². The van der Waals surface area contributed by atoms with E-state index in [1.54, 1.807) is 6.92 Å². The van der Waals surface area contributed by atoms with E-state index < -0.39 is 11.6 Å². The summed E-state index contributed by atoms with van der Waals surface area (Å²) in [4.78, 5) is 11.8. The van der Waals surface area contributed by atoms with Crippen molar-refractivity contribution in [3.05, 3.63) is 29.8 Å². The molecule has 0 aliphatic carbocycles. The van der Waals surface area contributed by atoms with Crippen LogP contribution in [0, 0.1) is 11.6 Å². The molecule has 0 saturated carbocycles. The van der Waals surface area contributed by atoms with Gasteiger partial charge in [0.15, 0.2) is 11.6 Å². The van der Waals surface area contributed by atoms with Gasteiger partial charge in [-0.05, 0) is 38.4 Å². The van der Waals surface area contributed by atoms with E-state index in [9.17, 15) is 13.6 Å². The number of halogens is 2. The van der Waals surface area contributed by atoms with Gasteiger partial charge in [0.25, 0.3) is 0 Å². The quantitative estimate of drug-likeness (QED) is 0.844. The third kappa shape index (κ3) is 4.97. The molecule has 1 aliphatic heterocycles. The smallest absolute Gasteiger partial charge is 0.221 e. The molecule has 1 fully saturated rings. The Kier molecular flexibility index (Phi) is 5.50. The van der Waals surface area contributed by atoms with Crippen molar-refractivity contribution in [2.45, 2.75) is 38.3 Å². The van der Waals surface area contributed by atoms with Crippen LogP contribution in [-0.2, 0) is 4.79 Å². The Hall–Kier alpha value is -1.69. The minimum atomic E-state index is -0.747. The van der Waals surface area contributed by atoms with Gasteiger partial charge in [-0.2, -0.15) is 0 Å². The number of hydrogen-bond acceptors (Lipinski definition) is 3. The van der Waals surface area contributed by atoms with E-state index in [1.165, 1.54) is 6.07 Å². The van der Waals surface area contributed by atoms with E-state index in [1.807, 2.05) is 0 Å². The van der Waals surface area contributed by atoms with Crippen molar-refractivity contribution in [1.82, 2.24) is 10.6 Å². The van der Waals surface area contributed by atoms with Crippen molar-refractivity contribution < 1.29 is 18.3 Å². The highest BCUT2D eigenvalue weighted by molar-refractivity contribution is 5.76. The summed E-state index contributed by atoms with van der Waals surface area (Å²) in [6, 6.07) is 3.13. The number of nitrogens with one attached hydrogen (secondary N) is 2. The first kappa shape index (κ1) is 15.7. The van der Waals surface area contributed by atoms with Crippen LogP contribution < -0.4 is 15.4 Å². The molecule has 116 valence electrons. The molecule has 1 aliphatic rings. The molecule has 21 heavy (non-hydrogen) atoms. The largest absolute Gasteiger partial charge is 0.488 e. The van der Waals surface area contributed by atoms with Crippen LogP contribution in [0.5, 0.6) is 5.75 Å². The van der Waals surface area contributed by atoms with Crippen LogP contribution in [0.3, 0.4) is 0 Å². The van der Waals surface area contributed by atoms with Crippen molar-refractivity contribution >= 4 is 5.91 Å². The molecule has 4 nitrogen and oxygen atoms in total. The van der Waals surface area contributed by atoms with Gasteiger partial charge in [0, 0.05) is 18.5 Å². The van der Waals surface area contributed by atoms with Crippen molar-refractivity contribution in [2.75, 3.05) is 13.2 Å². The average Bonchev–Trinajstić information content (AvgIpc) is 2.90. The first-order valence-electron chi connectivity index (χ1n) is 7.15. The number of benzene rings is 1. The Morgan fingerprint density at radius 2 is 2.33 bits per heavy atom. The van der Waals surface area contributed by atoms with Crippen molar-refractivity contribution in [2.24, 2.45) is 0 Å². The normalized spacial score (nSPS) is 19.3. The number of hydrogen-bond donors (Lipinski definition) is 2. The standard InChI is InChI=1S/C15H20F2N2O2/c1-10(19-15(20)8-12-3-2-6-18-12)9-21-14-5-4-11(16)7-13(14)17/h4-5,7,10,12,18H,2-3,6,8-9H2,1H3,(H,19,20). The van der Waals surface area contributed by atoms with Crippen LogP contribution in [0.4, 0.5) is 8.78 Å². The number of carbonyl (C=O) groups excluding carboxylic acids is 1. The van der Waals surface area contributed by atoms with E-state index in [4.69, 9.17) is 4.74 Å². The molecular weight excluding hydrogens is 278 g/mol. The Labute approximate surface area is 122 Å². The summed E-state index contributed by atoms with van der Waals surface area (Å²) in [5, 5.41) is 6.06. The number of ether oxygens (including phenoxy) is 1. The summed E-state index contributed by atoms with van der Waals surface area (Å²) in [6.45, 7) is 2.87. The second-order valence-electron chi connectivity index (χ2n) is 5.35. The zero-order valence-corrected chi connectivity index (χ0v) is 12.0. The fourth-order valence-electron chi connectivity index (χ4n) is 2.34. The predicted molar refractivity (Wildman–Crippen MR) is 75.1 cm³/mol. The summed E-state index contributed by atoms with van der Waals surface area (Å²) in [6.07, 6.45) is 2.55. The summed E-state index contributed by atoms with van der Waals surface area (Å²) in [7, 11) is 0.